The highest BCUT2D eigenvalue weighted by atomic mass is 19.4. The first-order valence-electron chi connectivity index (χ1n) is 7.86. The monoisotopic (exact) mass is 380 g/mol. The highest BCUT2D eigenvalue weighted by Gasteiger charge is 2.28. The number of alkyl halides is 3. The molecule has 0 radical (unpaired) electrons. The fraction of sp³-hybridized carbons (Fsp3) is 0.625. The second-order valence-electron chi connectivity index (χ2n) is 6.56. The number of pyridine rings is 1. The Hall–Kier alpha value is -2.07. The predicted molar refractivity (Wildman–Crippen MR) is 85.6 cm³/mol. The molecule has 10 heteroatoms. The number of nitrogens with zero attached hydrogens (tertiary/aromatic N) is 1. The van der Waals surface area contributed by atoms with Gasteiger partial charge in [-0.3, -0.25) is 0 Å². The molecule has 0 aliphatic heterocycles. The van der Waals surface area contributed by atoms with Gasteiger partial charge in [-0.15, -0.1) is 0 Å². The lowest BCUT2D eigenvalue weighted by molar-refractivity contribution is -0.154. The molecule has 2 unspecified atom stereocenters. The lowest BCUT2D eigenvalue weighted by atomic mass is 10.0. The number of carbonyl (C=O) groups excluding carboxylic acids is 1. The van der Waals surface area contributed by atoms with Crippen LogP contribution in [0, 0.1) is 0 Å². The summed E-state index contributed by atoms with van der Waals surface area (Å²) in [6, 6.07) is 2.46. The third-order valence-electron chi connectivity index (χ3n) is 2.96. The van der Waals surface area contributed by atoms with E-state index in [0.717, 1.165) is 12.3 Å². The minimum absolute atomic E-state index is 0.0345. The number of hydrogen-bond donors (Lipinski definition) is 3. The van der Waals surface area contributed by atoms with Crippen LogP contribution in [0.1, 0.15) is 38.9 Å². The minimum Gasteiger partial charge on any atom is -0.468 e. The van der Waals surface area contributed by atoms with Gasteiger partial charge in [0.15, 0.2) is 6.61 Å². The zero-order valence-corrected chi connectivity index (χ0v) is 14.7. The number of ether oxygens (including phenoxy) is 2. The Bertz CT molecular complexity index is 573. The number of aliphatic hydroxyl groups excluding tert-OH is 2. The van der Waals surface area contributed by atoms with E-state index in [1.807, 2.05) is 0 Å². The minimum atomic E-state index is -4.48. The van der Waals surface area contributed by atoms with Crippen molar-refractivity contribution in [2.75, 3.05) is 13.2 Å². The van der Waals surface area contributed by atoms with Gasteiger partial charge in [0.05, 0.1) is 6.10 Å². The van der Waals surface area contributed by atoms with Crippen LogP contribution in [0.2, 0.25) is 0 Å². The summed E-state index contributed by atoms with van der Waals surface area (Å²) in [7, 11) is 0. The van der Waals surface area contributed by atoms with Crippen molar-refractivity contribution in [1.82, 2.24) is 10.3 Å². The molecular formula is C16H23F3N2O5. The molecule has 0 fully saturated rings. The standard InChI is InChI=1S/C16H23F3N2O5/c1-15(2,3)26-14(24)20-7-6-11(22)13(23)10-4-5-12(21-8-10)25-9-16(17,18)19/h4-5,8,11,13,22-23H,6-7,9H2,1-3H3,(H,20,24). The maximum atomic E-state index is 12.1. The van der Waals surface area contributed by atoms with Gasteiger partial charge in [-0.1, -0.05) is 0 Å². The van der Waals surface area contributed by atoms with E-state index in [2.05, 4.69) is 15.0 Å². The smallest absolute Gasteiger partial charge is 0.422 e. The SMILES string of the molecule is CC(C)(C)OC(=O)NCCC(O)C(O)c1ccc(OCC(F)(F)F)nc1. The van der Waals surface area contributed by atoms with E-state index in [4.69, 9.17) is 4.74 Å². The molecule has 1 heterocycles. The summed E-state index contributed by atoms with van der Waals surface area (Å²) in [5, 5.41) is 22.4. The van der Waals surface area contributed by atoms with Crippen molar-refractivity contribution in [2.45, 2.75) is 51.2 Å². The number of rotatable bonds is 7. The first-order valence-corrected chi connectivity index (χ1v) is 7.86. The Morgan fingerprint density at radius 1 is 1.27 bits per heavy atom. The van der Waals surface area contributed by atoms with Crippen LogP contribution in [0.4, 0.5) is 18.0 Å². The topological polar surface area (TPSA) is 101 Å². The van der Waals surface area contributed by atoms with Gasteiger partial charge in [0.2, 0.25) is 5.88 Å². The zero-order valence-electron chi connectivity index (χ0n) is 14.7. The van der Waals surface area contributed by atoms with Crippen molar-refractivity contribution in [3.05, 3.63) is 23.9 Å². The normalized spacial score (nSPS) is 14.5. The molecule has 1 amide bonds. The summed E-state index contributed by atoms with van der Waals surface area (Å²) in [6.07, 6.45) is -6.51. The number of hydrogen-bond acceptors (Lipinski definition) is 6. The van der Waals surface area contributed by atoms with Crippen LogP contribution in [0.3, 0.4) is 0 Å². The highest BCUT2D eigenvalue weighted by Crippen LogP contribution is 2.21. The predicted octanol–water partition coefficient (Wildman–Crippen LogP) is 2.33. The Labute approximate surface area is 149 Å². The number of amides is 1. The van der Waals surface area contributed by atoms with Crippen molar-refractivity contribution in [1.29, 1.82) is 0 Å². The van der Waals surface area contributed by atoms with Crippen LogP contribution >= 0.6 is 0 Å². The van der Waals surface area contributed by atoms with Crippen molar-refractivity contribution in [3.63, 3.8) is 0 Å². The number of nitrogens with one attached hydrogen (secondary N) is 1. The van der Waals surface area contributed by atoms with Crippen molar-refractivity contribution in [3.8, 4) is 5.88 Å². The van der Waals surface area contributed by atoms with E-state index in [-0.39, 0.29) is 24.4 Å². The van der Waals surface area contributed by atoms with Gasteiger partial charge in [0.25, 0.3) is 0 Å². The molecule has 0 bridgehead atoms. The number of halogens is 3. The zero-order chi connectivity index (χ0) is 20.0. The second kappa shape index (κ2) is 9.04. The Balaban J connectivity index is 2.45. The van der Waals surface area contributed by atoms with Gasteiger partial charge in [0, 0.05) is 24.4 Å². The van der Waals surface area contributed by atoms with Gasteiger partial charge in [-0.2, -0.15) is 13.2 Å². The van der Waals surface area contributed by atoms with Gasteiger partial charge in [-0.25, -0.2) is 9.78 Å². The van der Waals surface area contributed by atoms with Gasteiger partial charge in [-0.05, 0) is 33.3 Å². The van der Waals surface area contributed by atoms with Crippen LogP contribution in [0.25, 0.3) is 0 Å². The number of carbonyl (C=O) groups is 1. The molecule has 2 atom stereocenters. The summed E-state index contributed by atoms with van der Waals surface area (Å²) in [4.78, 5) is 15.1. The molecule has 148 valence electrons. The van der Waals surface area contributed by atoms with E-state index >= 15 is 0 Å². The maximum Gasteiger partial charge on any atom is 0.422 e. The van der Waals surface area contributed by atoms with Gasteiger partial charge >= 0.3 is 12.3 Å². The lowest BCUT2D eigenvalue weighted by Gasteiger charge is -2.21. The molecule has 0 aromatic carbocycles. The fourth-order valence-electron chi connectivity index (χ4n) is 1.82. The molecule has 0 aliphatic carbocycles. The molecule has 7 nitrogen and oxygen atoms in total. The van der Waals surface area contributed by atoms with Crippen molar-refractivity contribution < 1.29 is 37.7 Å². The molecule has 1 aromatic rings. The second-order valence-corrected chi connectivity index (χ2v) is 6.56. The Kier molecular flexibility index (Phi) is 7.64. The molecular weight excluding hydrogens is 357 g/mol. The van der Waals surface area contributed by atoms with Crippen LogP contribution in [0.15, 0.2) is 18.3 Å². The molecule has 26 heavy (non-hydrogen) atoms. The van der Waals surface area contributed by atoms with Crippen molar-refractivity contribution >= 4 is 6.09 Å². The van der Waals surface area contributed by atoms with Crippen LogP contribution in [0.5, 0.6) is 5.88 Å². The molecule has 1 rings (SSSR count). The average molecular weight is 380 g/mol. The summed E-state index contributed by atoms with van der Waals surface area (Å²) in [5.74, 6) is -0.251. The molecule has 1 aromatic heterocycles. The van der Waals surface area contributed by atoms with E-state index in [9.17, 15) is 28.2 Å². The third kappa shape index (κ3) is 8.86. The molecule has 3 N–H and O–H groups in total. The average Bonchev–Trinajstić information content (AvgIpc) is 2.50. The Morgan fingerprint density at radius 2 is 1.92 bits per heavy atom. The van der Waals surface area contributed by atoms with Gasteiger partial charge < -0.3 is 25.0 Å². The highest BCUT2D eigenvalue weighted by molar-refractivity contribution is 5.67. The molecule has 0 saturated carbocycles. The molecule has 0 aliphatic rings. The maximum absolute atomic E-state index is 12.1. The van der Waals surface area contributed by atoms with Crippen LogP contribution in [-0.2, 0) is 4.74 Å². The van der Waals surface area contributed by atoms with E-state index in [1.54, 1.807) is 20.8 Å². The van der Waals surface area contributed by atoms with Crippen molar-refractivity contribution in [2.24, 2.45) is 0 Å². The fourth-order valence-corrected chi connectivity index (χ4v) is 1.82. The quantitative estimate of drug-likeness (QED) is 0.671. The third-order valence-corrected chi connectivity index (χ3v) is 2.96. The number of aromatic nitrogens is 1. The number of alkyl carbamates (subject to hydrolysis) is 1. The molecule has 0 saturated heterocycles. The van der Waals surface area contributed by atoms with E-state index in [1.165, 1.54) is 6.07 Å². The first kappa shape index (κ1) is 22.0. The largest absolute Gasteiger partial charge is 0.468 e. The van der Waals surface area contributed by atoms with E-state index in [0.29, 0.717) is 0 Å². The molecule has 0 spiro atoms. The van der Waals surface area contributed by atoms with E-state index < -0.39 is 36.7 Å². The summed E-state index contributed by atoms with van der Waals surface area (Å²) in [5.41, 5.74) is -0.446. The van der Waals surface area contributed by atoms with Gasteiger partial charge in [0.1, 0.15) is 11.7 Å². The van der Waals surface area contributed by atoms with Crippen LogP contribution in [-0.4, -0.2) is 52.3 Å². The number of aliphatic hydroxyl groups is 2. The summed E-state index contributed by atoms with van der Waals surface area (Å²) < 4.78 is 45.6. The summed E-state index contributed by atoms with van der Waals surface area (Å²) >= 11 is 0. The summed E-state index contributed by atoms with van der Waals surface area (Å²) in [6.45, 7) is 3.72. The Morgan fingerprint density at radius 3 is 2.42 bits per heavy atom. The van der Waals surface area contributed by atoms with Crippen LogP contribution < -0.4 is 10.1 Å². The first-order chi connectivity index (χ1) is 11.9. The lowest BCUT2D eigenvalue weighted by Crippen LogP contribution is -2.34.